The van der Waals surface area contributed by atoms with Gasteiger partial charge in [-0.05, 0) is 37.0 Å². The average molecular weight is 366 g/mol. The predicted molar refractivity (Wildman–Crippen MR) is 98.1 cm³/mol. The van der Waals surface area contributed by atoms with Crippen molar-refractivity contribution >= 4 is 26.5 Å². The Labute approximate surface area is 147 Å². The average Bonchev–Trinajstić information content (AvgIpc) is 3.25. The lowest BCUT2D eigenvalue weighted by molar-refractivity contribution is 0.567. The van der Waals surface area contributed by atoms with Gasteiger partial charge in [0.1, 0.15) is 0 Å². The highest BCUT2D eigenvalue weighted by atomic mass is 32.2. The summed E-state index contributed by atoms with van der Waals surface area (Å²) >= 11 is 1.60. The molecule has 2 heterocycles. The summed E-state index contributed by atoms with van der Waals surface area (Å²) in [6.07, 6.45) is 5.86. The van der Waals surface area contributed by atoms with Crippen LogP contribution in [-0.4, -0.2) is 32.5 Å². The van der Waals surface area contributed by atoms with Gasteiger partial charge in [0.2, 0.25) is 10.0 Å². The summed E-state index contributed by atoms with van der Waals surface area (Å²) < 4.78 is 27.8. The van der Waals surface area contributed by atoms with Crippen LogP contribution in [0, 0.1) is 0 Å². The third-order valence-corrected chi connectivity index (χ3v) is 6.57. The van der Waals surface area contributed by atoms with Crippen molar-refractivity contribution in [3.05, 3.63) is 41.4 Å². The molecular formula is C17H23N3O2S2. The zero-order chi connectivity index (χ0) is 17.0. The van der Waals surface area contributed by atoms with Gasteiger partial charge in [0, 0.05) is 30.7 Å². The van der Waals surface area contributed by atoms with Crippen molar-refractivity contribution in [2.75, 3.05) is 18.0 Å². The number of aryl methyl sites for hydroxylation is 1. The molecule has 1 aliphatic rings. The maximum atomic E-state index is 12.5. The summed E-state index contributed by atoms with van der Waals surface area (Å²) in [5.74, 6) is 0. The molecule has 1 aromatic heterocycles. The molecule has 1 aliphatic heterocycles. The maximum absolute atomic E-state index is 12.5. The van der Waals surface area contributed by atoms with Gasteiger partial charge in [-0.3, -0.25) is 0 Å². The van der Waals surface area contributed by atoms with Crippen LogP contribution in [0.15, 0.2) is 40.7 Å². The normalized spacial score (nSPS) is 18.2. The first-order valence-electron chi connectivity index (χ1n) is 8.35. The van der Waals surface area contributed by atoms with Gasteiger partial charge in [-0.2, -0.15) is 0 Å². The Hall–Kier alpha value is -1.44. The minimum absolute atomic E-state index is 0.172. The fraction of sp³-hybridized carbons (Fsp3) is 0.471. The second kappa shape index (κ2) is 7.63. The van der Waals surface area contributed by atoms with E-state index in [4.69, 9.17) is 0 Å². The Bertz CT molecular complexity index is 743. The van der Waals surface area contributed by atoms with Crippen LogP contribution in [0.1, 0.15) is 31.7 Å². The number of aromatic nitrogens is 1. The number of nitrogens with zero attached hydrogens (tertiary/aromatic N) is 2. The number of thiazole rings is 1. The quantitative estimate of drug-likeness (QED) is 0.819. The molecule has 1 N–H and O–H groups in total. The minimum Gasteiger partial charge on any atom is -0.344 e. The van der Waals surface area contributed by atoms with E-state index in [0.29, 0.717) is 11.4 Å². The highest BCUT2D eigenvalue weighted by molar-refractivity contribution is 7.89. The standard InChI is InChI=1S/C17H23N3O2S2/c1-2-4-14-6-8-16(9-7-14)24(21,22)19-13-15-5-3-11-20(15)17-18-10-12-23-17/h6-10,12,15,19H,2-5,11,13H2,1H3. The van der Waals surface area contributed by atoms with E-state index < -0.39 is 10.0 Å². The lowest BCUT2D eigenvalue weighted by Crippen LogP contribution is -2.40. The molecule has 0 saturated carbocycles. The molecule has 1 unspecified atom stereocenters. The third kappa shape index (κ3) is 3.96. The molecule has 2 aromatic rings. The van der Waals surface area contributed by atoms with E-state index in [0.717, 1.165) is 37.4 Å². The van der Waals surface area contributed by atoms with Gasteiger partial charge in [0.05, 0.1) is 4.90 Å². The number of sulfonamides is 1. The van der Waals surface area contributed by atoms with Gasteiger partial charge >= 0.3 is 0 Å². The number of rotatable bonds is 7. The van der Waals surface area contributed by atoms with Gasteiger partial charge in [-0.25, -0.2) is 18.1 Å². The van der Waals surface area contributed by atoms with E-state index in [2.05, 4.69) is 21.5 Å². The van der Waals surface area contributed by atoms with Gasteiger partial charge in [0.25, 0.3) is 0 Å². The van der Waals surface area contributed by atoms with Crippen LogP contribution >= 0.6 is 11.3 Å². The van der Waals surface area contributed by atoms with Gasteiger partial charge in [0.15, 0.2) is 5.13 Å². The predicted octanol–water partition coefficient (Wildman–Crippen LogP) is 3.04. The number of benzene rings is 1. The molecule has 0 aliphatic carbocycles. The summed E-state index contributed by atoms with van der Waals surface area (Å²) in [6, 6.07) is 7.36. The summed E-state index contributed by atoms with van der Waals surface area (Å²) in [4.78, 5) is 6.89. The Morgan fingerprint density at radius 1 is 1.33 bits per heavy atom. The zero-order valence-electron chi connectivity index (χ0n) is 13.8. The van der Waals surface area contributed by atoms with Gasteiger partial charge < -0.3 is 4.90 Å². The molecule has 5 nitrogen and oxygen atoms in total. The van der Waals surface area contributed by atoms with Gasteiger partial charge in [-0.15, -0.1) is 11.3 Å². The molecule has 0 bridgehead atoms. The molecule has 1 atom stereocenters. The lowest BCUT2D eigenvalue weighted by Gasteiger charge is -2.24. The number of nitrogens with one attached hydrogen (secondary N) is 1. The Balaban J connectivity index is 1.64. The zero-order valence-corrected chi connectivity index (χ0v) is 15.4. The van der Waals surface area contributed by atoms with Crippen molar-refractivity contribution in [1.82, 2.24) is 9.71 Å². The molecule has 1 aromatic carbocycles. The lowest BCUT2D eigenvalue weighted by atomic mass is 10.1. The molecule has 1 saturated heterocycles. The molecule has 130 valence electrons. The van der Waals surface area contributed by atoms with E-state index in [1.807, 2.05) is 17.5 Å². The second-order valence-corrected chi connectivity index (χ2v) is 8.69. The van der Waals surface area contributed by atoms with Crippen molar-refractivity contribution in [3.8, 4) is 0 Å². The van der Waals surface area contributed by atoms with Crippen LogP contribution in [0.25, 0.3) is 0 Å². The van der Waals surface area contributed by atoms with Crippen LogP contribution in [-0.2, 0) is 16.4 Å². The molecule has 0 amide bonds. The molecule has 1 fully saturated rings. The second-order valence-electron chi connectivity index (χ2n) is 6.05. The first-order chi connectivity index (χ1) is 11.6. The fourth-order valence-corrected chi connectivity index (χ4v) is 4.88. The highest BCUT2D eigenvalue weighted by Gasteiger charge is 2.27. The Morgan fingerprint density at radius 2 is 2.12 bits per heavy atom. The molecule has 24 heavy (non-hydrogen) atoms. The molecule has 0 spiro atoms. The van der Waals surface area contributed by atoms with E-state index in [1.54, 1.807) is 29.7 Å². The van der Waals surface area contributed by atoms with Crippen molar-refractivity contribution < 1.29 is 8.42 Å². The smallest absolute Gasteiger partial charge is 0.240 e. The fourth-order valence-electron chi connectivity index (χ4n) is 3.07. The Kier molecular flexibility index (Phi) is 5.53. The SMILES string of the molecule is CCCc1ccc(S(=O)(=O)NCC2CCCN2c2nccs2)cc1. The van der Waals surface area contributed by atoms with Crippen LogP contribution < -0.4 is 9.62 Å². The first kappa shape index (κ1) is 17.4. The third-order valence-electron chi connectivity index (χ3n) is 4.32. The summed E-state index contributed by atoms with van der Waals surface area (Å²) in [6.45, 7) is 3.46. The van der Waals surface area contributed by atoms with Crippen molar-refractivity contribution in [1.29, 1.82) is 0 Å². The molecule has 7 heteroatoms. The monoisotopic (exact) mass is 365 g/mol. The number of hydrogen-bond donors (Lipinski definition) is 1. The molecular weight excluding hydrogens is 342 g/mol. The first-order valence-corrected chi connectivity index (χ1v) is 10.7. The van der Waals surface area contributed by atoms with Crippen LogP contribution in [0.5, 0.6) is 0 Å². The van der Waals surface area contributed by atoms with Gasteiger partial charge in [-0.1, -0.05) is 25.5 Å². The van der Waals surface area contributed by atoms with Crippen molar-refractivity contribution in [3.63, 3.8) is 0 Å². The highest BCUT2D eigenvalue weighted by Crippen LogP contribution is 2.27. The summed E-state index contributed by atoms with van der Waals surface area (Å²) in [5, 5.41) is 2.92. The maximum Gasteiger partial charge on any atom is 0.240 e. The largest absolute Gasteiger partial charge is 0.344 e. The van der Waals surface area contributed by atoms with E-state index in [1.165, 1.54) is 5.56 Å². The summed E-state index contributed by atoms with van der Waals surface area (Å²) in [7, 11) is -3.47. The Morgan fingerprint density at radius 3 is 2.79 bits per heavy atom. The van der Waals surface area contributed by atoms with Crippen molar-refractivity contribution in [2.45, 2.75) is 43.5 Å². The summed E-state index contributed by atoms with van der Waals surface area (Å²) in [5.41, 5.74) is 1.17. The molecule has 0 radical (unpaired) electrons. The van der Waals surface area contributed by atoms with Crippen LogP contribution in [0.2, 0.25) is 0 Å². The van der Waals surface area contributed by atoms with Crippen LogP contribution in [0.4, 0.5) is 5.13 Å². The topological polar surface area (TPSA) is 62.3 Å². The number of anilines is 1. The van der Waals surface area contributed by atoms with E-state index in [9.17, 15) is 8.42 Å². The van der Waals surface area contributed by atoms with Crippen LogP contribution in [0.3, 0.4) is 0 Å². The van der Waals surface area contributed by atoms with E-state index in [-0.39, 0.29) is 6.04 Å². The van der Waals surface area contributed by atoms with Crippen molar-refractivity contribution in [2.24, 2.45) is 0 Å². The molecule has 3 rings (SSSR count). The minimum atomic E-state index is -3.47. The van der Waals surface area contributed by atoms with E-state index >= 15 is 0 Å². The number of hydrogen-bond acceptors (Lipinski definition) is 5.